The summed E-state index contributed by atoms with van der Waals surface area (Å²) < 4.78 is 23.8. The first-order valence-corrected chi connectivity index (χ1v) is 6.16. The molecule has 0 radical (unpaired) electrons. The Hall–Kier alpha value is -2.76. The second-order valence-corrected chi connectivity index (χ2v) is 4.40. The normalized spacial score (nSPS) is 10.2. The first-order chi connectivity index (χ1) is 10.0. The Kier molecular flexibility index (Phi) is 4.27. The van der Waals surface area contributed by atoms with Crippen molar-refractivity contribution in [1.82, 2.24) is 0 Å². The predicted octanol–water partition coefficient (Wildman–Crippen LogP) is 2.36. The van der Waals surface area contributed by atoms with E-state index in [2.05, 4.69) is 0 Å². The molecule has 0 amide bonds. The molecule has 21 heavy (non-hydrogen) atoms. The van der Waals surface area contributed by atoms with E-state index < -0.39 is 11.8 Å². The molecule has 0 bridgehead atoms. The largest absolute Gasteiger partial charge is 0.494 e. The number of anilines is 2. The van der Waals surface area contributed by atoms with Gasteiger partial charge >= 0.3 is 5.97 Å². The van der Waals surface area contributed by atoms with Gasteiger partial charge in [-0.25, -0.2) is 9.18 Å². The molecule has 0 unspecified atom stereocenters. The topological polar surface area (TPSA) is 87.6 Å². The van der Waals surface area contributed by atoms with Crippen molar-refractivity contribution in [2.75, 3.05) is 18.6 Å². The van der Waals surface area contributed by atoms with Crippen molar-refractivity contribution in [3.05, 3.63) is 53.3 Å². The monoisotopic (exact) mass is 290 g/mol. The highest BCUT2D eigenvalue weighted by Crippen LogP contribution is 2.21. The first kappa shape index (κ1) is 14.6. The van der Waals surface area contributed by atoms with E-state index in [4.69, 9.17) is 20.9 Å². The average Bonchev–Trinajstić information content (AvgIpc) is 2.45. The average molecular weight is 290 g/mol. The van der Waals surface area contributed by atoms with Crippen LogP contribution in [-0.2, 0) is 11.3 Å². The molecule has 0 aromatic heterocycles. The van der Waals surface area contributed by atoms with Crippen LogP contribution in [0.2, 0.25) is 0 Å². The van der Waals surface area contributed by atoms with E-state index in [-0.39, 0.29) is 23.5 Å². The summed E-state index contributed by atoms with van der Waals surface area (Å²) in [5.41, 5.74) is 12.4. The molecule has 0 heterocycles. The van der Waals surface area contributed by atoms with Gasteiger partial charge in [0, 0.05) is 16.9 Å². The molecule has 2 aromatic rings. The maximum Gasteiger partial charge on any atom is 0.338 e. The number of rotatable bonds is 4. The van der Waals surface area contributed by atoms with Crippen molar-refractivity contribution in [3.8, 4) is 5.75 Å². The van der Waals surface area contributed by atoms with Crippen LogP contribution in [0, 0.1) is 5.82 Å². The molecule has 6 heteroatoms. The third-order valence-corrected chi connectivity index (χ3v) is 2.84. The Balaban J connectivity index is 2.11. The number of hydrogen-bond donors (Lipinski definition) is 2. The van der Waals surface area contributed by atoms with E-state index in [0.717, 1.165) is 0 Å². The molecule has 0 aliphatic carbocycles. The summed E-state index contributed by atoms with van der Waals surface area (Å²) in [6, 6.07) is 9.03. The molecule has 0 atom stereocenters. The molecule has 0 saturated carbocycles. The molecule has 0 fully saturated rings. The standard InChI is InChI=1S/C15H15FN2O3/c1-20-13-4-2-3-9(14(13)16)8-21-15(19)10-5-11(17)7-12(18)6-10/h2-7H,8,17-18H2,1H3. The van der Waals surface area contributed by atoms with Crippen molar-refractivity contribution >= 4 is 17.3 Å². The smallest absolute Gasteiger partial charge is 0.338 e. The molecule has 0 aliphatic rings. The number of carbonyl (C=O) groups is 1. The predicted molar refractivity (Wildman–Crippen MR) is 77.3 cm³/mol. The number of benzene rings is 2. The fourth-order valence-electron chi connectivity index (χ4n) is 1.85. The van der Waals surface area contributed by atoms with Gasteiger partial charge in [0.15, 0.2) is 11.6 Å². The van der Waals surface area contributed by atoms with Gasteiger partial charge in [0.05, 0.1) is 12.7 Å². The maximum absolute atomic E-state index is 13.9. The number of ether oxygens (including phenoxy) is 2. The first-order valence-electron chi connectivity index (χ1n) is 6.16. The maximum atomic E-state index is 13.9. The van der Waals surface area contributed by atoms with Crippen LogP contribution in [-0.4, -0.2) is 13.1 Å². The quantitative estimate of drug-likeness (QED) is 0.666. The molecule has 2 aromatic carbocycles. The number of methoxy groups -OCH3 is 1. The molecule has 2 rings (SSSR count). The summed E-state index contributed by atoms with van der Waals surface area (Å²) >= 11 is 0. The highest BCUT2D eigenvalue weighted by molar-refractivity contribution is 5.91. The molecule has 0 aliphatic heterocycles. The fourth-order valence-corrected chi connectivity index (χ4v) is 1.85. The minimum absolute atomic E-state index is 0.0942. The lowest BCUT2D eigenvalue weighted by Gasteiger charge is -2.09. The fraction of sp³-hybridized carbons (Fsp3) is 0.133. The van der Waals surface area contributed by atoms with Gasteiger partial charge in [0.2, 0.25) is 0 Å². The molecular formula is C15H15FN2O3. The third kappa shape index (κ3) is 3.42. The zero-order chi connectivity index (χ0) is 15.4. The summed E-state index contributed by atoms with van der Waals surface area (Å²) in [5, 5.41) is 0. The zero-order valence-electron chi connectivity index (χ0n) is 11.4. The lowest BCUT2D eigenvalue weighted by Crippen LogP contribution is -2.08. The summed E-state index contributed by atoms with van der Waals surface area (Å²) in [6.45, 7) is -0.212. The molecule has 5 nitrogen and oxygen atoms in total. The number of carbonyl (C=O) groups excluding carboxylic acids is 1. The Morgan fingerprint density at radius 2 is 1.86 bits per heavy atom. The summed E-state index contributed by atoms with van der Waals surface area (Å²) in [4.78, 5) is 11.9. The molecular weight excluding hydrogens is 275 g/mol. The van der Waals surface area contributed by atoms with Gasteiger partial charge in [-0.15, -0.1) is 0 Å². The number of nitrogen functional groups attached to an aromatic ring is 2. The third-order valence-electron chi connectivity index (χ3n) is 2.84. The SMILES string of the molecule is COc1cccc(COC(=O)c2cc(N)cc(N)c2)c1F. The van der Waals surface area contributed by atoms with Crippen LogP contribution in [0.4, 0.5) is 15.8 Å². The molecule has 0 spiro atoms. The van der Waals surface area contributed by atoms with E-state index in [9.17, 15) is 9.18 Å². The van der Waals surface area contributed by atoms with Gasteiger partial charge < -0.3 is 20.9 Å². The van der Waals surface area contributed by atoms with E-state index in [1.807, 2.05) is 0 Å². The van der Waals surface area contributed by atoms with E-state index in [0.29, 0.717) is 11.4 Å². The Morgan fingerprint density at radius 3 is 2.48 bits per heavy atom. The van der Waals surface area contributed by atoms with Gasteiger partial charge in [-0.2, -0.15) is 0 Å². The molecule has 110 valence electrons. The second-order valence-electron chi connectivity index (χ2n) is 4.40. The summed E-state index contributed by atoms with van der Waals surface area (Å²) in [7, 11) is 1.36. The minimum Gasteiger partial charge on any atom is -0.494 e. The van der Waals surface area contributed by atoms with Crippen LogP contribution in [0.15, 0.2) is 36.4 Å². The highest BCUT2D eigenvalue weighted by Gasteiger charge is 2.13. The molecule has 4 N–H and O–H groups in total. The van der Waals surface area contributed by atoms with E-state index in [1.165, 1.54) is 37.4 Å². The van der Waals surface area contributed by atoms with Crippen LogP contribution >= 0.6 is 0 Å². The van der Waals surface area contributed by atoms with Crippen molar-refractivity contribution in [1.29, 1.82) is 0 Å². The van der Waals surface area contributed by atoms with E-state index in [1.54, 1.807) is 6.07 Å². The number of nitrogens with two attached hydrogens (primary N) is 2. The van der Waals surface area contributed by atoms with Gasteiger partial charge in [0.1, 0.15) is 6.61 Å². The van der Waals surface area contributed by atoms with Gasteiger partial charge in [0.25, 0.3) is 0 Å². The molecule has 0 saturated heterocycles. The lowest BCUT2D eigenvalue weighted by atomic mass is 10.1. The van der Waals surface area contributed by atoms with Gasteiger partial charge in [-0.05, 0) is 24.3 Å². The summed E-state index contributed by atoms with van der Waals surface area (Å²) in [6.07, 6.45) is 0. The van der Waals surface area contributed by atoms with Crippen molar-refractivity contribution in [3.63, 3.8) is 0 Å². The van der Waals surface area contributed by atoms with E-state index >= 15 is 0 Å². The highest BCUT2D eigenvalue weighted by atomic mass is 19.1. The van der Waals surface area contributed by atoms with Crippen LogP contribution in [0.1, 0.15) is 15.9 Å². The van der Waals surface area contributed by atoms with Crippen molar-refractivity contribution in [2.24, 2.45) is 0 Å². The van der Waals surface area contributed by atoms with Crippen molar-refractivity contribution < 1.29 is 18.7 Å². The van der Waals surface area contributed by atoms with Crippen LogP contribution in [0.3, 0.4) is 0 Å². The van der Waals surface area contributed by atoms with Crippen LogP contribution in [0.5, 0.6) is 5.75 Å². The van der Waals surface area contributed by atoms with Crippen LogP contribution in [0.25, 0.3) is 0 Å². The zero-order valence-corrected chi connectivity index (χ0v) is 11.4. The van der Waals surface area contributed by atoms with Gasteiger partial charge in [-0.3, -0.25) is 0 Å². The van der Waals surface area contributed by atoms with Crippen LogP contribution < -0.4 is 16.2 Å². The Morgan fingerprint density at radius 1 is 1.19 bits per heavy atom. The Bertz CT molecular complexity index is 654. The summed E-state index contributed by atoms with van der Waals surface area (Å²) in [5.74, 6) is -1.09. The second kappa shape index (κ2) is 6.13. The van der Waals surface area contributed by atoms with Crippen molar-refractivity contribution in [2.45, 2.75) is 6.61 Å². The number of halogens is 1. The minimum atomic E-state index is -0.629. The number of hydrogen-bond acceptors (Lipinski definition) is 5. The lowest BCUT2D eigenvalue weighted by molar-refractivity contribution is 0.0468. The van der Waals surface area contributed by atoms with Gasteiger partial charge in [-0.1, -0.05) is 12.1 Å². The number of esters is 1. The Labute approximate surface area is 121 Å².